The first-order valence-corrected chi connectivity index (χ1v) is 12.0. The van der Waals surface area contributed by atoms with Crippen LogP contribution in [0.2, 0.25) is 5.02 Å². The number of nitrogens with zero attached hydrogens (tertiary/aromatic N) is 3. The van der Waals surface area contributed by atoms with Crippen molar-refractivity contribution < 1.29 is 14.3 Å². The minimum Gasteiger partial charge on any atom is -0.495 e. The Balaban J connectivity index is 1.69. The summed E-state index contributed by atoms with van der Waals surface area (Å²) < 4.78 is 12.4. The van der Waals surface area contributed by atoms with Crippen molar-refractivity contribution in [1.82, 2.24) is 14.9 Å². The van der Waals surface area contributed by atoms with Gasteiger partial charge in [-0.15, -0.1) is 0 Å². The van der Waals surface area contributed by atoms with Crippen LogP contribution in [0.4, 0.5) is 5.69 Å². The van der Waals surface area contributed by atoms with Gasteiger partial charge in [0.2, 0.25) is 0 Å². The molecule has 1 fully saturated rings. The Kier molecular flexibility index (Phi) is 6.63. The molecule has 36 heavy (non-hydrogen) atoms. The molecule has 0 bridgehead atoms. The van der Waals surface area contributed by atoms with Gasteiger partial charge in [0.05, 0.1) is 42.2 Å². The maximum Gasteiger partial charge on any atom is 0.339 e. The van der Waals surface area contributed by atoms with Crippen molar-refractivity contribution in [3.63, 3.8) is 0 Å². The zero-order valence-electron chi connectivity index (χ0n) is 19.6. The molecule has 0 amide bonds. The summed E-state index contributed by atoms with van der Waals surface area (Å²) in [6, 6.07) is 22.1. The van der Waals surface area contributed by atoms with Gasteiger partial charge in [-0.25, -0.2) is 4.79 Å². The van der Waals surface area contributed by atoms with Crippen molar-refractivity contribution in [1.29, 1.82) is 0 Å². The van der Waals surface area contributed by atoms with Crippen LogP contribution in [0.1, 0.15) is 33.8 Å². The van der Waals surface area contributed by atoms with Crippen LogP contribution >= 0.6 is 23.8 Å². The number of thiocarbonyl (C=S) groups is 1. The fourth-order valence-corrected chi connectivity index (χ4v) is 5.16. The lowest BCUT2D eigenvalue weighted by Crippen LogP contribution is -2.30. The second kappa shape index (κ2) is 10.0. The Morgan fingerprint density at radius 3 is 2.58 bits per heavy atom. The first-order chi connectivity index (χ1) is 17.5. The molecular formula is C27H23ClN4O3S. The summed E-state index contributed by atoms with van der Waals surface area (Å²) in [5.74, 6) is 0.164. The molecule has 1 aliphatic rings. The van der Waals surface area contributed by atoms with Crippen molar-refractivity contribution in [3.8, 4) is 11.4 Å². The number of hydrogen-bond acceptors (Lipinski definition) is 5. The molecule has 0 aliphatic carbocycles. The van der Waals surface area contributed by atoms with E-state index in [1.54, 1.807) is 19.4 Å². The summed E-state index contributed by atoms with van der Waals surface area (Å²) in [4.78, 5) is 19.2. The van der Waals surface area contributed by atoms with E-state index in [2.05, 4.69) is 10.3 Å². The SMILES string of the molecule is COC(=O)c1ccccc1-n1cccc1[C@H]1[C@@H](c2ccccn2)NC(=S)N1c1ccc(OC)c(Cl)c1. The van der Waals surface area contributed by atoms with E-state index in [0.717, 1.165) is 17.1 Å². The van der Waals surface area contributed by atoms with E-state index in [4.69, 9.17) is 33.3 Å². The number of carbonyl (C=O) groups is 1. The predicted molar refractivity (Wildman–Crippen MR) is 143 cm³/mol. The van der Waals surface area contributed by atoms with Crippen LogP contribution in [-0.2, 0) is 4.74 Å². The highest BCUT2D eigenvalue weighted by Crippen LogP contribution is 2.43. The van der Waals surface area contributed by atoms with Crippen molar-refractivity contribution in [2.45, 2.75) is 12.1 Å². The van der Waals surface area contributed by atoms with Crippen molar-refractivity contribution >= 4 is 40.6 Å². The number of nitrogens with one attached hydrogen (secondary N) is 1. The quantitative estimate of drug-likeness (QED) is 0.267. The maximum atomic E-state index is 12.6. The number of methoxy groups -OCH3 is 2. The predicted octanol–water partition coefficient (Wildman–Crippen LogP) is 5.50. The zero-order valence-corrected chi connectivity index (χ0v) is 21.2. The summed E-state index contributed by atoms with van der Waals surface area (Å²) in [6.45, 7) is 0. The third-order valence-corrected chi connectivity index (χ3v) is 6.77. The fourth-order valence-electron chi connectivity index (χ4n) is 4.56. The molecule has 2 aromatic heterocycles. The normalized spacial score (nSPS) is 17.1. The highest BCUT2D eigenvalue weighted by molar-refractivity contribution is 7.80. The number of benzene rings is 2. The molecule has 0 spiro atoms. The molecule has 182 valence electrons. The molecule has 2 aromatic carbocycles. The molecule has 5 rings (SSSR count). The average molecular weight is 519 g/mol. The van der Waals surface area contributed by atoms with Gasteiger partial charge in [0.1, 0.15) is 11.8 Å². The maximum absolute atomic E-state index is 12.6. The van der Waals surface area contributed by atoms with Crippen LogP contribution in [0.25, 0.3) is 5.69 Å². The van der Waals surface area contributed by atoms with Crippen LogP contribution in [-0.4, -0.2) is 34.9 Å². The third kappa shape index (κ3) is 4.19. The van der Waals surface area contributed by atoms with Gasteiger partial charge in [0.15, 0.2) is 5.11 Å². The number of carbonyl (C=O) groups excluding carboxylic acids is 1. The van der Waals surface area contributed by atoms with Gasteiger partial charge in [0.25, 0.3) is 0 Å². The van der Waals surface area contributed by atoms with E-state index in [-0.39, 0.29) is 12.1 Å². The second-order valence-electron chi connectivity index (χ2n) is 8.13. The van der Waals surface area contributed by atoms with Gasteiger partial charge in [-0.05, 0) is 66.8 Å². The number of ether oxygens (including phenoxy) is 2. The van der Waals surface area contributed by atoms with Crippen LogP contribution in [0.5, 0.6) is 5.75 Å². The van der Waals surface area contributed by atoms with Crippen molar-refractivity contribution in [3.05, 3.63) is 107 Å². The highest BCUT2D eigenvalue weighted by atomic mass is 35.5. The number of halogens is 1. The molecule has 1 N–H and O–H groups in total. The number of aromatic nitrogens is 2. The van der Waals surface area contributed by atoms with Gasteiger partial charge in [-0.1, -0.05) is 29.8 Å². The summed E-state index contributed by atoms with van der Waals surface area (Å²) >= 11 is 12.3. The molecule has 2 atom stereocenters. The molecule has 9 heteroatoms. The largest absolute Gasteiger partial charge is 0.495 e. The summed E-state index contributed by atoms with van der Waals surface area (Å²) in [5.41, 5.74) is 3.70. The number of para-hydroxylation sites is 1. The first-order valence-electron chi connectivity index (χ1n) is 11.2. The van der Waals surface area contributed by atoms with Crippen molar-refractivity contribution in [2.24, 2.45) is 0 Å². The monoisotopic (exact) mass is 518 g/mol. The molecule has 0 unspecified atom stereocenters. The van der Waals surface area contributed by atoms with E-state index >= 15 is 0 Å². The number of esters is 1. The minimum atomic E-state index is -0.412. The van der Waals surface area contributed by atoms with Gasteiger partial charge in [-0.2, -0.15) is 0 Å². The summed E-state index contributed by atoms with van der Waals surface area (Å²) in [7, 11) is 2.95. The number of rotatable bonds is 6. The smallest absolute Gasteiger partial charge is 0.339 e. The highest BCUT2D eigenvalue weighted by Gasteiger charge is 2.42. The van der Waals surface area contributed by atoms with Gasteiger partial charge < -0.3 is 24.3 Å². The lowest BCUT2D eigenvalue weighted by atomic mass is 10.0. The van der Waals surface area contributed by atoms with Crippen LogP contribution in [0.15, 0.2) is 85.2 Å². The lowest BCUT2D eigenvalue weighted by molar-refractivity contribution is 0.0600. The molecule has 3 heterocycles. The van der Waals surface area contributed by atoms with Crippen LogP contribution < -0.4 is 15.0 Å². The molecule has 7 nitrogen and oxygen atoms in total. The van der Waals surface area contributed by atoms with Crippen molar-refractivity contribution in [2.75, 3.05) is 19.1 Å². The fraction of sp³-hybridized carbons (Fsp3) is 0.148. The first kappa shape index (κ1) is 23.8. The lowest BCUT2D eigenvalue weighted by Gasteiger charge is -2.29. The summed E-state index contributed by atoms with van der Waals surface area (Å²) in [6.07, 6.45) is 3.68. The Morgan fingerprint density at radius 2 is 1.86 bits per heavy atom. The van der Waals surface area contributed by atoms with E-state index < -0.39 is 5.97 Å². The van der Waals surface area contributed by atoms with Gasteiger partial charge in [-0.3, -0.25) is 4.98 Å². The molecule has 0 saturated carbocycles. The molecular weight excluding hydrogens is 496 g/mol. The van der Waals surface area contributed by atoms with Gasteiger partial charge >= 0.3 is 5.97 Å². The Hall–Kier alpha value is -3.88. The second-order valence-corrected chi connectivity index (χ2v) is 8.92. The van der Waals surface area contributed by atoms with E-state index in [0.29, 0.717) is 27.1 Å². The Morgan fingerprint density at radius 1 is 1.06 bits per heavy atom. The Bertz CT molecular complexity index is 1430. The number of pyridine rings is 1. The van der Waals surface area contributed by atoms with E-state index in [1.165, 1.54) is 7.11 Å². The number of hydrogen-bond donors (Lipinski definition) is 1. The Labute approximate surface area is 219 Å². The number of anilines is 1. The minimum absolute atomic E-state index is 0.265. The van der Waals surface area contributed by atoms with Crippen LogP contribution in [0, 0.1) is 0 Å². The topological polar surface area (TPSA) is 68.6 Å². The van der Waals surface area contributed by atoms with E-state index in [1.807, 2.05) is 82.4 Å². The molecule has 4 aromatic rings. The van der Waals surface area contributed by atoms with Crippen LogP contribution in [0.3, 0.4) is 0 Å². The van der Waals surface area contributed by atoms with Gasteiger partial charge in [0, 0.05) is 23.8 Å². The van der Waals surface area contributed by atoms with E-state index in [9.17, 15) is 4.79 Å². The average Bonchev–Trinajstić information content (AvgIpc) is 3.52. The third-order valence-electron chi connectivity index (χ3n) is 6.16. The zero-order chi connectivity index (χ0) is 25.2. The molecule has 1 saturated heterocycles. The standard InChI is InChI=1S/C27H23ClN4O3S/c1-34-23-13-12-17(16-19(23)28)32-25(24(30-27(32)36)20-9-5-6-14-29-20)22-11-7-15-31(22)21-10-4-3-8-18(21)26(33)35-2/h3-16,24-25H,1-2H3,(H,30,36)/t24-,25+/m1/s1. The molecule has 1 aliphatic heterocycles. The summed E-state index contributed by atoms with van der Waals surface area (Å²) in [5, 5.41) is 4.46. The molecule has 0 radical (unpaired) electrons.